The zero-order chi connectivity index (χ0) is 57.9. The zero-order valence-corrected chi connectivity index (χ0v) is 49.2. The summed E-state index contributed by atoms with van der Waals surface area (Å²) >= 11 is 2.25. The van der Waals surface area contributed by atoms with Crippen molar-refractivity contribution in [1.29, 1.82) is 0 Å². The van der Waals surface area contributed by atoms with Crippen molar-refractivity contribution in [2.24, 2.45) is 0 Å². The average molecular weight is 1220 g/mol. The van der Waals surface area contributed by atoms with E-state index in [0.29, 0.717) is 59.0 Å². The molecule has 0 spiro atoms. The third kappa shape index (κ3) is 15.2. The summed E-state index contributed by atoms with van der Waals surface area (Å²) in [4.78, 5) is 75.0. The van der Waals surface area contributed by atoms with Gasteiger partial charge in [-0.25, -0.2) is 33.2 Å². The highest BCUT2D eigenvalue weighted by Gasteiger charge is 2.43. The molecule has 1 N–H and O–H groups in total. The second-order valence-electron chi connectivity index (χ2n) is 20.9. The molecular weight excluding hydrogens is 1150 g/mol. The Hall–Kier alpha value is -7.05. The number of nitrogens with zero attached hydrogens (tertiary/aromatic N) is 21. The van der Waals surface area contributed by atoms with E-state index in [0.717, 1.165) is 72.0 Å². The number of hydrogen-bond acceptors (Lipinski definition) is 17. The zero-order valence-electron chi connectivity index (χ0n) is 47.1. The predicted molar refractivity (Wildman–Crippen MR) is 305 cm³/mol. The van der Waals surface area contributed by atoms with Crippen molar-refractivity contribution in [2.75, 3.05) is 136 Å². The second-order valence-corrected chi connectivity index (χ2v) is 22.3. The number of hydrogen-bond donors (Lipinski definition) is 1. The van der Waals surface area contributed by atoms with E-state index in [1.165, 1.54) is 13.7 Å². The van der Waals surface area contributed by atoms with Gasteiger partial charge in [-0.3, -0.25) is 19.8 Å². The van der Waals surface area contributed by atoms with Crippen LogP contribution in [-0.2, 0) is 29.3 Å². The van der Waals surface area contributed by atoms with Gasteiger partial charge < -0.3 is 39.2 Å². The molecule has 0 aromatic carbocycles. The first-order valence-electron chi connectivity index (χ1n) is 25.8. The number of amides is 8. The summed E-state index contributed by atoms with van der Waals surface area (Å²) in [5.74, 6) is 2.49. The Balaban J connectivity index is 0.000000150. The number of urea groups is 4. The van der Waals surface area contributed by atoms with Gasteiger partial charge in [0.05, 0.1) is 123 Å². The van der Waals surface area contributed by atoms with E-state index in [9.17, 15) is 24.4 Å². The van der Waals surface area contributed by atoms with Gasteiger partial charge in [-0.15, -0.1) is 34.9 Å². The van der Waals surface area contributed by atoms with Crippen LogP contribution in [0.25, 0.3) is 17.1 Å². The molecule has 4 saturated heterocycles. The Morgan fingerprint density at radius 3 is 1.35 bits per heavy atom. The molecule has 29 heteroatoms. The van der Waals surface area contributed by atoms with Crippen LogP contribution < -0.4 is 0 Å². The summed E-state index contributed by atoms with van der Waals surface area (Å²) in [6, 6.07) is -0.599. The lowest BCUT2D eigenvalue weighted by Gasteiger charge is -2.20. The van der Waals surface area contributed by atoms with E-state index in [1.807, 2.05) is 119 Å². The van der Waals surface area contributed by atoms with E-state index in [1.54, 1.807) is 45.8 Å². The Morgan fingerprint density at radius 1 is 0.588 bits per heavy atom. The minimum absolute atomic E-state index is 0.0419. The number of halogens is 1. The fourth-order valence-corrected chi connectivity index (χ4v) is 10.2. The van der Waals surface area contributed by atoms with Crippen molar-refractivity contribution < 1.29 is 34.1 Å². The maximum Gasteiger partial charge on any atom is 0.345 e. The Morgan fingerprint density at radius 2 is 0.963 bits per heavy atom. The van der Waals surface area contributed by atoms with Gasteiger partial charge in [-0.2, -0.15) is 15.2 Å². The third-order valence-electron chi connectivity index (χ3n) is 12.9. The molecule has 28 nitrogen and oxygen atoms in total. The fourth-order valence-electron chi connectivity index (χ4n) is 9.39. The summed E-state index contributed by atoms with van der Waals surface area (Å²) in [6.07, 6.45) is 21.9. The minimum atomic E-state index is -0.357. The maximum atomic E-state index is 12.2. The van der Waals surface area contributed by atoms with Crippen molar-refractivity contribution >= 4 is 63.8 Å². The number of hydroxylamine groups is 6. The van der Waals surface area contributed by atoms with Crippen LogP contribution in [0.5, 0.6) is 0 Å². The van der Waals surface area contributed by atoms with Gasteiger partial charge in [0, 0.05) is 56.4 Å². The SMILES string of the molecule is C#CCN(C)C.C=CCON1C(=O)N2CC(I)=CC1C2.C=CCON1C(=O)N2CC(n3cc(CN(C)C)nn3)=CC1C2.CN(C)Cc1cn(C2=CC3CN(C2)C(=O)N3C)nn1.CN(C)Cc1cn(C2=CC3CN(C2)C(=O)N3O)nn1. The molecule has 80 heavy (non-hydrogen) atoms. The fraction of sp³-hybridized carbons (Fsp3) is 0.529. The average Bonchev–Trinajstić information content (AvgIpc) is 4.30. The molecule has 4 unspecified atom stereocenters. The molecule has 8 aliphatic heterocycles. The van der Waals surface area contributed by atoms with E-state index >= 15 is 0 Å². The molecule has 8 bridgehead atoms. The number of carbonyl (C=O) groups excluding carboxylic acids is 4. The van der Waals surface area contributed by atoms with Crippen LogP contribution in [0, 0.1) is 12.3 Å². The van der Waals surface area contributed by atoms with Gasteiger partial charge in [-0.1, -0.05) is 33.7 Å². The first kappa shape index (κ1) is 60.6. The van der Waals surface area contributed by atoms with Gasteiger partial charge >= 0.3 is 24.1 Å². The molecule has 3 aromatic heterocycles. The van der Waals surface area contributed by atoms with Crippen molar-refractivity contribution in [3.8, 4) is 12.3 Å². The molecule has 4 fully saturated rings. The largest absolute Gasteiger partial charge is 0.345 e. The normalized spacial score (nSPS) is 21.4. The number of fused-ring (bicyclic) bond motifs is 8. The summed E-state index contributed by atoms with van der Waals surface area (Å²) in [6.45, 7) is 15.7. The van der Waals surface area contributed by atoms with Gasteiger partial charge in [-0.05, 0) is 103 Å². The highest BCUT2D eigenvalue weighted by atomic mass is 127. The van der Waals surface area contributed by atoms with Gasteiger partial charge in [0.2, 0.25) is 0 Å². The molecule has 11 rings (SSSR count). The minimum Gasteiger partial charge on any atom is -0.319 e. The topological polar surface area (TPSA) is 238 Å². The van der Waals surface area contributed by atoms with E-state index < -0.39 is 0 Å². The van der Waals surface area contributed by atoms with Crippen LogP contribution in [-0.4, -0.2) is 293 Å². The van der Waals surface area contributed by atoms with E-state index in [-0.39, 0.29) is 48.3 Å². The van der Waals surface area contributed by atoms with Gasteiger partial charge in [0.1, 0.15) is 0 Å². The van der Waals surface area contributed by atoms with Gasteiger partial charge in [0.25, 0.3) is 0 Å². The second kappa shape index (κ2) is 27.4. The van der Waals surface area contributed by atoms with Crippen molar-refractivity contribution in [3.05, 3.63) is 88.9 Å². The molecule has 0 saturated carbocycles. The number of carbonyl (C=O) groups is 4. The summed E-state index contributed by atoms with van der Waals surface area (Å²) in [7, 11) is 17.6. The maximum absolute atomic E-state index is 12.2. The summed E-state index contributed by atoms with van der Waals surface area (Å²) in [5.41, 5.74) is 5.51. The monoisotopic (exact) mass is 1220 g/mol. The molecule has 8 amide bonds. The first-order valence-corrected chi connectivity index (χ1v) is 26.9. The smallest absolute Gasteiger partial charge is 0.319 e. The number of aromatic nitrogens is 9. The van der Waals surface area contributed by atoms with Crippen LogP contribution in [0.2, 0.25) is 0 Å². The van der Waals surface area contributed by atoms with Gasteiger partial charge in [0.15, 0.2) is 0 Å². The lowest BCUT2D eigenvalue weighted by atomic mass is 10.2. The predicted octanol–water partition coefficient (Wildman–Crippen LogP) is 1.76. The summed E-state index contributed by atoms with van der Waals surface area (Å²) in [5, 5.41) is 38.0. The van der Waals surface area contributed by atoms with Crippen molar-refractivity contribution in [3.63, 3.8) is 0 Å². The number of rotatable bonds is 16. The first-order chi connectivity index (χ1) is 38.2. The van der Waals surface area contributed by atoms with E-state index in [2.05, 4.69) is 84.8 Å². The molecule has 0 radical (unpaired) electrons. The van der Waals surface area contributed by atoms with Crippen LogP contribution >= 0.6 is 22.6 Å². The molecular formula is C51H74IN21O7. The van der Waals surface area contributed by atoms with E-state index in [4.69, 9.17) is 16.1 Å². The lowest BCUT2D eigenvalue weighted by molar-refractivity contribution is -0.107. The van der Waals surface area contributed by atoms with Crippen LogP contribution in [0.3, 0.4) is 0 Å². The Bertz CT molecular complexity index is 2770. The molecule has 3 aromatic rings. The molecule has 432 valence electrons. The standard InChI is InChI=1S/C14H20N6O2.C12H18N6O.C11H16N6O2.C9H11IN2O2.C5H9N/c1-4-5-22-20-13-6-12(9-18(10-13)14(20)21)19-8-11(15-16-19)7-17(2)3;1-15(2)5-9-6-18(14-13-9)11-4-10-7-17(8-11)12(19)16(10)3;1-14(2)4-8-5-16(13-12-8)9-3-10-7-15(6-9)11(18)17(10)19;1-2-3-14-12-8-4-7(10)5-11(6-8)9(12)13;1-4-5-6(2)3/h4,6,8,13H,1,5,7,9-10H2,2-3H3;4,6,10H,5,7-8H2,1-3H3;3,5,10,19H,4,6-7H2,1-2H3;2,4,8H,1,3,5-6H2;1H,5H2,2-3H3. The highest BCUT2D eigenvalue weighted by molar-refractivity contribution is 14.1. The Labute approximate surface area is 480 Å². The van der Waals surface area contributed by atoms with Crippen LogP contribution in [0.4, 0.5) is 19.2 Å². The van der Waals surface area contributed by atoms with Crippen molar-refractivity contribution in [1.82, 2.24) is 104 Å². The summed E-state index contributed by atoms with van der Waals surface area (Å²) < 4.78 is 6.38. The quantitative estimate of drug-likeness (QED) is 0.0931. The molecule has 11 heterocycles. The Kier molecular flexibility index (Phi) is 20.8. The number of terminal acetylenes is 1. The van der Waals surface area contributed by atoms with Crippen molar-refractivity contribution in [2.45, 2.75) is 43.8 Å². The molecule has 4 atom stereocenters. The lowest BCUT2D eigenvalue weighted by Crippen LogP contribution is -2.33. The highest BCUT2D eigenvalue weighted by Crippen LogP contribution is 2.29. The van der Waals surface area contributed by atoms with Crippen LogP contribution in [0.1, 0.15) is 17.1 Å². The molecule has 0 aliphatic carbocycles. The molecule has 8 aliphatic rings. The number of likely N-dealkylation sites (N-methyl/N-ethyl adjacent to an activating group) is 1. The third-order valence-corrected chi connectivity index (χ3v) is 13.6. The van der Waals surface area contributed by atoms with Crippen LogP contribution in [0.15, 0.2) is 71.8 Å².